The van der Waals surface area contributed by atoms with Crippen LogP contribution in [-0.2, 0) is 7.05 Å². The maximum absolute atomic E-state index is 12.4. The number of aromatic nitrogens is 2. The minimum Gasteiger partial charge on any atom is -0.310 e. The number of nitro benzene ring substituents is 1. The van der Waals surface area contributed by atoms with Crippen molar-refractivity contribution in [3.8, 4) is 0 Å². The van der Waals surface area contributed by atoms with E-state index < -0.39 is 4.92 Å². The Morgan fingerprint density at radius 1 is 1.40 bits per heavy atom. The normalized spacial score (nSPS) is 10.3. The molecule has 0 N–H and O–H groups in total. The Morgan fingerprint density at radius 3 is 2.65 bits per heavy atom. The summed E-state index contributed by atoms with van der Waals surface area (Å²) >= 11 is 0. The summed E-state index contributed by atoms with van der Waals surface area (Å²) in [5, 5.41) is 14.9. The molecule has 0 spiro atoms. The zero-order valence-electron chi connectivity index (χ0n) is 11.4. The van der Waals surface area contributed by atoms with E-state index in [2.05, 4.69) is 5.10 Å². The standard InChI is InChI=1S/C13H14N4O3/c1-9-7-12(16(3)14-9)13(18)15(2)10-5-4-6-11(8-10)17(19)20/h4-8H,1-3H3. The molecule has 0 saturated heterocycles. The van der Waals surface area contributed by atoms with Gasteiger partial charge in [-0.25, -0.2) is 0 Å². The number of amides is 1. The molecule has 2 aromatic rings. The van der Waals surface area contributed by atoms with Crippen LogP contribution in [0.3, 0.4) is 0 Å². The molecule has 7 heteroatoms. The summed E-state index contributed by atoms with van der Waals surface area (Å²) in [7, 11) is 3.26. The summed E-state index contributed by atoms with van der Waals surface area (Å²) in [6, 6.07) is 7.62. The number of aryl methyl sites for hydroxylation is 2. The summed E-state index contributed by atoms with van der Waals surface area (Å²) in [4.78, 5) is 24.0. The second-order valence-electron chi connectivity index (χ2n) is 4.44. The third kappa shape index (κ3) is 2.51. The van der Waals surface area contributed by atoms with Crippen LogP contribution in [0.4, 0.5) is 11.4 Å². The molecule has 1 amide bonds. The SMILES string of the molecule is Cc1cc(C(=O)N(C)c2cccc([N+](=O)[O-])c2)n(C)n1. The van der Waals surface area contributed by atoms with E-state index in [1.165, 1.54) is 21.7 Å². The smallest absolute Gasteiger partial charge is 0.276 e. The Labute approximate surface area is 115 Å². The molecule has 0 saturated carbocycles. The fourth-order valence-corrected chi connectivity index (χ4v) is 1.92. The quantitative estimate of drug-likeness (QED) is 0.632. The molecule has 7 nitrogen and oxygen atoms in total. The van der Waals surface area contributed by atoms with Crippen molar-refractivity contribution in [2.45, 2.75) is 6.92 Å². The van der Waals surface area contributed by atoms with Gasteiger partial charge in [0.2, 0.25) is 0 Å². The van der Waals surface area contributed by atoms with Crippen LogP contribution in [0.2, 0.25) is 0 Å². The zero-order valence-corrected chi connectivity index (χ0v) is 11.4. The van der Waals surface area contributed by atoms with E-state index in [1.54, 1.807) is 39.2 Å². The molecule has 1 aromatic heterocycles. The number of nitrogens with zero attached hydrogens (tertiary/aromatic N) is 4. The summed E-state index contributed by atoms with van der Waals surface area (Å²) in [5.74, 6) is -0.270. The molecule has 0 aliphatic carbocycles. The van der Waals surface area contributed by atoms with E-state index >= 15 is 0 Å². The van der Waals surface area contributed by atoms with Gasteiger partial charge >= 0.3 is 0 Å². The van der Waals surface area contributed by atoms with Crippen LogP contribution in [0.15, 0.2) is 30.3 Å². The first-order valence-corrected chi connectivity index (χ1v) is 5.93. The maximum atomic E-state index is 12.4. The van der Waals surface area contributed by atoms with Gasteiger partial charge in [-0.3, -0.25) is 19.6 Å². The highest BCUT2D eigenvalue weighted by atomic mass is 16.6. The number of benzene rings is 1. The molecule has 0 bridgehead atoms. The van der Waals surface area contributed by atoms with Crippen molar-refractivity contribution in [2.24, 2.45) is 7.05 Å². The van der Waals surface area contributed by atoms with Gasteiger partial charge in [0.15, 0.2) is 0 Å². The van der Waals surface area contributed by atoms with Crippen molar-refractivity contribution >= 4 is 17.3 Å². The Hall–Kier alpha value is -2.70. The maximum Gasteiger partial charge on any atom is 0.276 e. The molecule has 20 heavy (non-hydrogen) atoms. The number of carbonyl (C=O) groups excluding carboxylic acids is 1. The first kappa shape index (κ1) is 13.7. The second-order valence-corrected chi connectivity index (χ2v) is 4.44. The van der Waals surface area contributed by atoms with E-state index in [0.29, 0.717) is 11.4 Å². The number of rotatable bonds is 3. The Morgan fingerprint density at radius 2 is 2.10 bits per heavy atom. The third-order valence-corrected chi connectivity index (χ3v) is 2.95. The number of hydrogen-bond acceptors (Lipinski definition) is 4. The number of non-ortho nitro benzene ring substituents is 1. The zero-order chi connectivity index (χ0) is 14.9. The molecular formula is C13H14N4O3. The Bertz CT molecular complexity index is 678. The van der Waals surface area contributed by atoms with Gasteiger partial charge in [0.1, 0.15) is 5.69 Å². The van der Waals surface area contributed by atoms with Crippen LogP contribution in [-0.4, -0.2) is 27.7 Å². The van der Waals surface area contributed by atoms with E-state index in [1.807, 2.05) is 0 Å². The predicted molar refractivity (Wildman–Crippen MR) is 73.8 cm³/mol. The van der Waals surface area contributed by atoms with Crippen molar-refractivity contribution in [3.63, 3.8) is 0 Å². The molecule has 1 heterocycles. The van der Waals surface area contributed by atoms with Crippen molar-refractivity contribution in [2.75, 3.05) is 11.9 Å². The molecule has 0 aliphatic heterocycles. The average molecular weight is 274 g/mol. The van der Waals surface area contributed by atoms with Crippen LogP contribution in [0.5, 0.6) is 0 Å². The second kappa shape index (κ2) is 5.12. The summed E-state index contributed by atoms with van der Waals surface area (Å²) in [6.45, 7) is 1.80. The minimum atomic E-state index is -0.490. The van der Waals surface area contributed by atoms with Gasteiger partial charge in [0.05, 0.1) is 16.3 Å². The van der Waals surface area contributed by atoms with Gasteiger partial charge in [-0.15, -0.1) is 0 Å². The largest absolute Gasteiger partial charge is 0.310 e. The fraction of sp³-hybridized carbons (Fsp3) is 0.231. The monoisotopic (exact) mass is 274 g/mol. The highest BCUT2D eigenvalue weighted by Crippen LogP contribution is 2.21. The number of hydrogen-bond donors (Lipinski definition) is 0. The molecular weight excluding hydrogens is 260 g/mol. The molecule has 0 atom stereocenters. The molecule has 0 aliphatic rings. The third-order valence-electron chi connectivity index (χ3n) is 2.95. The highest BCUT2D eigenvalue weighted by Gasteiger charge is 2.19. The lowest BCUT2D eigenvalue weighted by Crippen LogP contribution is -2.28. The van der Waals surface area contributed by atoms with Crippen LogP contribution < -0.4 is 4.90 Å². The number of anilines is 1. The number of nitro groups is 1. The molecule has 0 fully saturated rings. The van der Waals surface area contributed by atoms with Crippen molar-refractivity contribution in [1.82, 2.24) is 9.78 Å². The Kier molecular flexibility index (Phi) is 3.51. The van der Waals surface area contributed by atoms with Gasteiger partial charge in [0.25, 0.3) is 11.6 Å². The van der Waals surface area contributed by atoms with Crippen LogP contribution in [0, 0.1) is 17.0 Å². The molecule has 0 unspecified atom stereocenters. The summed E-state index contributed by atoms with van der Waals surface area (Å²) in [6.07, 6.45) is 0. The van der Waals surface area contributed by atoms with Crippen molar-refractivity contribution < 1.29 is 9.72 Å². The lowest BCUT2D eigenvalue weighted by atomic mass is 10.2. The molecule has 1 aromatic carbocycles. The van der Waals surface area contributed by atoms with Gasteiger partial charge in [-0.2, -0.15) is 5.10 Å². The highest BCUT2D eigenvalue weighted by molar-refractivity contribution is 6.04. The van der Waals surface area contributed by atoms with E-state index in [0.717, 1.165) is 5.69 Å². The van der Waals surface area contributed by atoms with Crippen molar-refractivity contribution in [3.05, 3.63) is 51.8 Å². The molecule has 104 valence electrons. The topological polar surface area (TPSA) is 81.3 Å². The van der Waals surface area contributed by atoms with E-state index in [9.17, 15) is 14.9 Å². The lowest BCUT2D eigenvalue weighted by molar-refractivity contribution is -0.384. The Balaban J connectivity index is 2.33. The van der Waals surface area contributed by atoms with Crippen molar-refractivity contribution in [1.29, 1.82) is 0 Å². The fourth-order valence-electron chi connectivity index (χ4n) is 1.92. The predicted octanol–water partition coefficient (Wildman–Crippen LogP) is 1.91. The molecule has 0 radical (unpaired) electrons. The van der Waals surface area contributed by atoms with Crippen LogP contribution in [0.1, 0.15) is 16.2 Å². The summed E-state index contributed by atoms with van der Waals surface area (Å²) < 4.78 is 1.49. The first-order valence-electron chi connectivity index (χ1n) is 5.93. The number of carbonyl (C=O) groups is 1. The van der Waals surface area contributed by atoms with Crippen LogP contribution >= 0.6 is 0 Å². The van der Waals surface area contributed by atoms with Gasteiger partial charge in [-0.1, -0.05) is 6.07 Å². The van der Waals surface area contributed by atoms with Crippen LogP contribution in [0.25, 0.3) is 0 Å². The lowest BCUT2D eigenvalue weighted by Gasteiger charge is -2.16. The van der Waals surface area contributed by atoms with E-state index in [4.69, 9.17) is 0 Å². The van der Waals surface area contributed by atoms with Gasteiger partial charge in [-0.05, 0) is 19.1 Å². The molecule has 2 rings (SSSR count). The van der Waals surface area contributed by atoms with E-state index in [-0.39, 0.29) is 11.6 Å². The first-order chi connectivity index (χ1) is 9.40. The minimum absolute atomic E-state index is 0.0525. The van der Waals surface area contributed by atoms with Gasteiger partial charge < -0.3 is 4.90 Å². The summed E-state index contributed by atoms with van der Waals surface area (Å²) in [5.41, 5.74) is 1.58. The average Bonchev–Trinajstić information content (AvgIpc) is 2.76. The van der Waals surface area contributed by atoms with Gasteiger partial charge in [0, 0.05) is 26.2 Å².